The van der Waals surface area contributed by atoms with Crippen LogP contribution in [0.5, 0.6) is 17.2 Å². The molecule has 11 heteroatoms. The van der Waals surface area contributed by atoms with Crippen molar-refractivity contribution in [1.82, 2.24) is 9.80 Å². The Morgan fingerprint density at radius 2 is 1.40 bits per heavy atom. The average molecular weight is 595 g/mol. The van der Waals surface area contributed by atoms with Crippen LogP contribution in [0.2, 0.25) is 0 Å². The summed E-state index contributed by atoms with van der Waals surface area (Å²) >= 11 is 0. The highest BCUT2D eigenvalue weighted by Gasteiger charge is 2.29. The Hall–Kier alpha value is -4.27. The number of ether oxygens (including phenoxy) is 3. The van der Waals surface area contributed by atoms with E-state index in [-0.39, 0.29) is 18.7 Å². The molecule has 2 aliphatic heterocycles. The molecule has 0 radical (unpaired) electrons. The van der Waals surface area contributed by atoms with Crippen LogP contribution in [0.25, 0.3) is 0 Å². The van der Waals surface area contributed by atoms with Gasteiger partial charge in [0.1, 0.15) is 12.0 Å². The first kappa shape index (κ1) is 31.7. The third-order valence-corrected chi connectivity index (χ3v) is 7.88. The first-order valence-electron chi connectivity index (χ1n) is 14.2. The minimum absolute atomic E-state index is 0.0596. The minimum Gasteiger partial charge on any atom is -0.493 e. The van der Waals surface area contributed by atoms with Gasteiger partial charge in [-0.25, -0.2) is 0 Å². The smallest absolute Gasteiger partial charge is 0.306 e. The minimum atomic E-state index is -1.000. The number of aliphatic hydroxyl groups excluding tert-OH is 1. The molecule has 43 heavy (non-hydrogen) atoms. The number of hydrogen-bond donors (Lipinski definition) is 3. The van der Waals surface area contributed by atoms with Crippen molar-refractivity contribution in [2.45, 2.75) is 65.5 Å². The topological polar surface area (TPSA) is 146 Å². The number of nitrogens with zero attached hydrogens (tertiary/aromatic N) is 2. The Morgan fingerprint density at radius 3 is 1.98 bits per heavy atom. The summed E-state index contributed by atoms with van der Waals surface area (Å²) in [6, 6.07) is 7.46. The van der Waals surface area contributed by atoms with Gasteiger partial charge in [-0.05, 0) is 52.9 Å². The fraction of sp³-hybridized carbons (Fsp3) is 0.469. The fourth-order valence-electron chi connectivity index (χ4n) is 5.22. The lowest BCUT2D eigenvalue weighted by Crippen LogP contribution is -2.33. The van der Waals surface area contributed by atoms with Gasteiger partial charge < -0.3 is 34.4 Å². The van der Waals surface area contributed by atoms with Gasteiger partial charge in [0.2, 0.25) is 5.91 Å². The highest BCUT2D eigenvalue weighted by Crippen LogP contribution is 2.36. The number of carboxylic acids is 2. The second-order valence-corrected chi connectivity index (χ2v) is 11.1. The summed E-state index contributed by atoms with van der Waals surface area (Å²) in [5.41, 5.74) is 4.39. The maximum Gasteiger partial charge on any atom is 0.306 e. The third-order valence-electron chi connectivity index (χ3n) is 7.88. The number of aliphatic hydroxyl groups is 1. The molecular formula is C32H38N2O9. The van der Waals surface area contributed by atoms with Gasteiger partial charge in [-0.15, -0.1) is 6.42 Å². The predicted molar refractivity (Wildman–Crippen MR) is 155 cm³/mol. The van der Waals surface area contributed by atoms with Crippen LogP contribution in [0.15, 0.2) is 24.3 Å². The lowest BCUT2D eigenvalue weighted by Gasteiger charge is -2.23. The molecule has 0 bridgehead atoms. The van der Waals surface area contributed by atoms with E-state index in [9.17, 15) is 19.5 Å². The van der Waals surface area contributed by atoms with Crippen LogP contribution in [0, 0.1) is 24.2 Å². The normalized spacial score (nSPS) is 16.0. The van der Waals surface area contributed by atoms with E-state index >= 15 is 0 Å². The molecule has 0 saturated heterocycles. The van der Waals surface area contributed by atoms with Crippen molar-refractivity contribution in [2.75, 3.05) is 20.3 Å². The van der Waals surface area contributed by atoms with Crippen LogP contribution in [-0.4, -0.2) is 69.5 Å². The fourth-order valence-corrected chi connectivity index (χ4v) is 5.22. The second kappa shape index (κ2) is 13.8. The van der Waals surface area contributed by atoms with E-state index in [1.807, 2.05) is 29.2 Å². The number of hydrogen-bond acceptors (Lipinski definition) is 8. The van der Waals surface area contributed by atoms with Gasteiger partial charge in [0.05, 0.1) is 37.7 Å². The number of rotatable bonds is 14. The van der Waals surface area contributed by atoms with Crippen molar-refractivity contribution in [3.8, 4) is 29.6 Å². The maximum absolute atomic E-state index is 12.6. The Morgan fingerprint density at radius 1 is 0.860 bits per heavy atom. The number of terminal acetylenes is 1. The maximum atomic E-state index is 12.6. The van der Waals surface area contributed by atoms with Gasteiger partial charge in [-0.3, -0.25) is 19.3 Å². The van der Waals surface area contributed by atoms with E-state index in [1.165, 1.54) is 6.92 Å². The van der Waals surface area contributed by atoms with Crippen molar-refractivity contribution in [2.24, 2.45) is 11.8 Å². The molecule has 11 nitrogen and oxygen atoms in total. The van der Waals surface area contributed by atoms with Gasteiger partial charge in [-0.2, -0.15) is 0 Å². The zero-order valence-corrected chi connectivity index (χ0v) is 24.7. The molecule has 2 heterocycles. The summed E-state index contributed by atoms with van der Waals surface area (Å²) in [5.74, 6) is 0.767. The second-order valence-electron chi connectivity index (χ2n) is 11.1. The number of carboxylic acid groups (broad SMARTS) is 2. The molecule has 3 atom stereocenters. The summed E-state index contributed by atoms with van der Waals surface area (Å²) in [5, 5.41) is 28.8. The van der Waals surface area contributed by atoms with E-state index in [1.54, 1.807) is 18.9 Å². The van der Waals surface area contributed by atoms with Crippen molar-refractivity contribution in [1.29, 1.82) is 0 Å². The number of amides is 1. The predicted octanol–water partition coefficient (Wildman–Crippen LogP) is 3.22. The SMILES string of the molecule is C#Cc1cc2c(cc1OCCCOc1cc3c(cc1OC)CN(C(O)C[C@H](C)C(=O)O)C3)CN(C(=O)C[C@H](C)C(=O)O)C2. The van der Waals surface area contributed by atoms with Crippen molar-refractivity contribution in [3.05, 3.63) is 52.1 Å². The van der Waals surface area contributed by atoms with Crippen molar-refractivity contribution >= 4 is 17.8 Å². The van der Waals surface area contributed by atoms with Gasteiger partial charge in [0, 0.05) is 39.0 Å². The molecule has 0 saturated carbocycles. The lowest BCUT2D eigenvalue weighted by atomic mass is 10.1. The molecule has 1 unspecified atom stereocenters. The van der Waals surface area contributed by atoms with Crippen molar-refractivity contribution < 1.29 is 43.9 Å². The third kappa shape index (κ3) is 7.58. The van der Waals surface area contributed by atoms with Gasteiger partial charge in [0.15, 0.2) is 11.5 Å². The Kier molecular flexibility index (Phi) is 10.2. The molecule has 230 valence electrons. The summed E-state index contributed by atoms with van der Waals surface area (Å²) in [7, 11) is 1.56. The standard InChI is InChI=1S/C32H38N2O9/c1-5-21-11-22-15-33(29(35)9-19(2)31(37)38)16-23(22)12-26(21)42-7-6-8-43-28-14-25-18-34(17-24(25)13-27(28)41-4)30(36)10-20(3)32(39)40/h1,11-14,19-20,30,36H,6-10,15-18H2,2-4H3,(H,37,38)(H,39,40)/t19-,20-,30?/m0/s1. The number of benzene rings is 2. The van der Waals surface area contributed by atoms with Crippen LogP contribution >= 0.6 is 0 Å². The highest BCUT2D eigenvalue weighted by atomic mass is 16.5. The van der Waals surface area contributed by atoms with Crippen LogP contribution in [0.1, 0.15) is 60.9 Å². The number of carbonyl (C=O) groups is 3. The van der Waals surface area contributed by atoms with E-state index in [0.717, 1.165) is 22.3 Å². The molecule has 2 aliphatic rings. The van der Waals surface area contributed by atoms with E-state index < -0.39 is 30.0 Å². The molecule has 2 aromatic carbocycles. The Labute approximate surface area is 251 Å². The van der Waals surface area contributed by atoms with Gasteiger partial charge in [-0.1, -0.05) is 19.8 Å². The van der Waals surface area contributed by atoms with Crippen LogP contribution in [0.3, 0.4) is 0 Å². The molecule has 4 rings (SSSR count). The van der Waals surface area contributed by atoms with Crippen LogP contribution in [-0.2, 0) is 40.6 Å². The molecule has 1 amide bonds. The molecule has 0 aliphatic carbocycles. The largest absolute Gasteiger partial charge is 0.493 e. The first-order chi connectivity index (χ1) is 20.5. The van der Waals surface area contributed by atoms with E-state index in [2.05, 4.69) is 5.92 Å². The Bertz CT molecular complexity index is 1420. The average Bonchev–Trinajstić information content (AvgIpc) is 3.59. The zero-order valence-electron chi connectivity index (χ0n) is 24.7. The van der Waals surface area contributed by atoms with Gasteiger partial charge >= 0.3 is 11.9 Å². The van der Waals surface area contributed by atoms with Crippen LogP contribution in [0.4, 0.5) is 0 Å². The summed E-state index contributed by atoms with van der Waals surface area (Å²) in [6.07, 6.45) is 5.48. The zero-order chi connectivity index (χ0) is 31.3. The summed E-state index contributed by atoms with van der Waals surface area (Å²) in [4.78, 5) is 38.3. The highest BCUT2D eigenvalue weighted by molar-refractivity contribution is 5.82. The first-order valence-corrected chi connectivity index (χ1v) is 14.2. The lowest BCUT2D eigenvalue weighted by molar-refractivity contribution is -0.145. The number of fused-ring (bicyclic) bond motifs is 2. The quantitative estimate of drug-likeness (QED) is 0.220. The number of methoxy groups -OCH3 is 1. The Balaban J connectivity index is 1.30. The number of carbonyl (C=O) groups excluding carboxylic acids is 1. The molecule has 2 aromatic rings. The summed E-state index contributed by atoms with van der Waals surface area (Å²) < 4.78 is 17.5. The number of aliphatic carboxylic acids is 2. The molecular weight excluding hydrogens is 556 g/mol. The van der Waals surface area contributed by atoms with E-state index in [4.69, 9.17) is 30.8 Å². The molecule has 3 N–H and O–H groups in total. The van der Waals surface area contributed by atoms with E-state index in [0.29, 0.717) is 68.6 Å². The van der Waals surface area contributed by atoms with Gasteiger partial charge in [0.25, 0.3) is 0 Å². The van der Waals surface area contributed by atoms with Crippen molar-refractivity contribution in [3.63, 3.8) is 0 Å². The monoisotopic (exact) mass is 594 g/mol. The molecule has 0 aromatic heterocycles. The van der Waals surface area contributed by atoms with Crippen LogP contribution < -0.4 is 14.2 Å². The molecule has 0 spiro atoms. The summed E-state index contributed by atoms with van der Waals surface area (Å²) in [6.45, 7) is 5.48. The molecule has 0 fully saturated rings.